The van der Waals surface area contributed by atoms with E-state index in [0.717, 1.165) is 25.0 Å². The van der Waals surface area contributed by atoms with Crippen LogP contribution in [0.25, 0.3) is 0 Å². The molecule has 0 saturated heterocycles. The van der Waals surface area contributed by atoms with E-state index in [1.165, 1.54) is 0 Å². The van der Waals surface area contributed by atoms with Gasteiger partial charge in [0.05, 0.1) is 5.02 Å². The van der Waals surface area contributed by atoms with Crippen molar-refractivity contribution in [2.45, 2.75) is 30.6 Å². The van der Waals surface area contributed by atoms with E-state index in [1.54, 1.807) is 6.92 Å². The maximum absolute atomic E-state index is 13.8. The molecule has 1 aromatic carbocycles. The second-order valence-corrected chi connectivity index (χ2v) is 7.09. The zero-order valence-electron chi connectivity index (χ0n) is 11.4. The molecular formula is C13H11ClF2N2O3S. The lowest BCUT2D eigenvalue weighted by Gasteiger charge is -2.10. The van der Waals surface area contributed by atoms with E-state index in [4.69, 9.17) is 16.1 Å². The molecule has 3 rings (SSSR count). The number of benzene rings is 1. The smallest absolute Gasteiger partial charge is 0.266 e. The van der Waals surface area contributed by atoms with Gasteiger partial charge in [-0.3, -0.25) is 4.72 Å². The normalized spacial score (nSPS) is 15.1. The van der Waals surface area contributed by atoms with Crippen LogP contribution in [0, 0.1) is 18.6 Å². The van der Waals surface area contributed by atoms with Crippen molar-refractivity contribution in [3.05, 3.63) is 40.2 Å². The number of hydrogen-bond acceptors (Lipinski definition) is 4. The number of aryl methyl sites for hydroxylation is 1. The van der Waals surface area contributed by atoms with Crippen molar-refractivity contribution in [3.8, 4) is 0 Å². The van der Waals surface area contributed by atoms with Crippen LogP contribution in [-0.2, 0) is 10.0 Å². The number of anilines is 1. The molecule has 22 heavy (non-hydrogen) atoms. The first-order valence-corrected chi connectivity index (χ1v) is 8.30. The first kappa shape index (κ1) is 15.2. The van der Waals surface area contributed by atoms with E-state index in [-0.39, 0.29) is 11.6 Å². The summed E-state index contributed by atoms with van der Waals surface area (Å²) in [4.78, 5) is -0.934. The third-order valence-corrected chi connectivity index (χ3v) is 5.18. The summed E-state index contributed by atoms with van der Waals surface area (Å²) in [5.41, 5.74) is 0.473. The molecule has 0 unspecified atom stereocenters. The Morgan fingerprint density at radius 2 is 2.05 bits per heavy atom. The Kier molecular flexibility index (Phi) is 3.60. The molecular weight excluding hydrogens is 338 g/mol. The van der Waals surface area contributed by atoms with Gasteiger partial charge in [-0.15, -0.1) is 0 Å². The zero-order valence-corrected chi connectivity index (χ0v) is 12.9. The molecule has 1 aliphatic rings. The molecule has 2 aromatic rings. The van der Waals surface area contributed by atoms with Crippen molar-refractivity contribution in [1.29, 1.82) is 0 Å². The Balaban J connectivity index is 2.05. The number of sulfonamides is 1. The van der Waals surface area contributed by atoms with Crippen LogP contribution in [-0.4, -0.2) is 13.6 Å². The minimum atomic E-state index is -4.41. The van der Waals surface area contributed by atoms with Crippen molar-refractivity contribution in [3.63, 3.8) is 0 Å². The Hall–Kier alpha value is -1.67. The van der Waals surface area contributed by atoms with Gasteiger partial charge < -0.3 is 4.52 Å². The molecule has 1 heterocycles. The van der Waals surface area contributed by atoms with Crippen molar-refractivity contribution >= 4 is 27.3 Å². The SMILES string of the molecule is Cc1noc(C2CC2)c1NS(=O)(=O)c1c(Cl)ccc(F)c1F. The van der Waals surface area contributed by atoms with E-state index in [1.807, 2.05) is 0 Å². The summed E-state index contributed by atoms with van der Waals surface area (Å²) >= 11 is 5.72. The number of hydrogen-bond donors (Lipinski definition) is 1. The van der Waals surface area contributed by atoms with Crippen LogP contribution >= 0.6 is 11.6 Å². The highest BCUT2D eigenvalue weighted by atomic mass is 35.5. The second-order valence-electron chi connectivity index (χ2n) is 5.06. The van der Waals surface area contributed by atoms with Gasteiger partial charge >= 0.3 is 0 Å². The van der Waals surface area contributed by atoms with Crippen LogP contribution < -0.4 is 4.72 Å². The fourth-order valence-corrected chi connectivity index (χ4v) is 3.80. The molecule has 9 heteroatoms. The first-order chi connectivity index (χ1) is 10.3. The average molecular weight is 349 g/mol. The van der Waals surface area contributed by atoms with Crippen LogP contribution in [0.4, 0.5) is 14.5 Å². The van der Waals surface area contributed by atoms with Crippen molar-refractivity contribution < 1.29 is 21.7 Å². The number of nitrogens with one attached hydrogen (secondary N) is 1. The maximum atomic E-state index is 13.8. The summed E-state index contributed by atoms with van der Waals surface area (Å²) in [6.45, 7) is 1.55. The van der Waals surface area contributed by atoms with E-state index in [2.05, 4.69) is 9.88 Å². The first-order valence-electron chi connectivity index (χ1n) is 6.43. The summed E-state index contributed by atoms with van der Waals surface area (Å²) in [5.74, 6) is -2.34. The van der Waals surface area contributed by atoms with E-state index < -0.39 is 31.6 Å². The molecule has 118 valence electrons. The Morgan fingerprint density at radius 3 is 2.68 bits per heavy atom. The van der Waals surface area contributed by atoms with Crippen LogP contribution in [0.1, 0.15) is 30.2 Å². The number of rotatable bonds is 4. The molecule has 0 aliphatic heterocycles. The highest BCUT2D eigenvalue weighted by Gasteiger charge is 2.34. The Labute approximate surface area is 130 Å². The molecule has 5 nitrogen and oxygen atoms in total. The van der Waals surface area contributed by atoms with Gasteiger partial charge in [0.25, 0.3) is 10.0 Å². The quantitative estimate of drug-likeness (QED) is 0.857. The van der Waals surface area contributed by atoms with Crippen LogP contribution in [0.3, 0.4) is 0 Å². The van der Waals surface area contributed by atoms with Gasteiger partial charge in [-0.1, -0.05) is 16.8 Å². The van der Waals surface area contributed by atoms with Crippen molar-refractivity contribution in [1.82, 2.24) is 5.16 Å². The standard InChI is InChI=1S/C13H11ClF2N2O3S/c1-6-11(12(21-17-6)7-2-3-7)18-22(19,20)13-8(14)4-5-9(15)10(13)16/h4-5,7,18H,2-3H2,1H3. The van der Waals surface area contributed by atoms with Crippen LogP contribution in [0.5, 0.6) is 0 Å². The summed E-state index contributed by atoms with van der Waals surface area (Å²) in [6.07, 6.45) is 1.72. The topological polar surface area (TPSA) is 72.2 Å². The molecule has 1 saturated carbocycles. The molecule has 1 N–H and O–H groups in total. The molecule has 0 atom stereocenters. The van der Waals surface area contributed by atoms with E-state index in [9.17, 15) is 17.2 Å². The molecule has 1 aromatic heterocycles. The third-order valence-electron chi connectivity index (χ3n) is 3.34. The van der Waals surface area contributed by atoms with E-state index in [0.29, 0.717) is 11.5 Å². The Morgan fingerprint density at radius 1 is 1.36 bits per heavy atom. The van der Waals surface area contributed by atoms with Gasteiger partial charge in [0.1, 0.15) is 16.3 Å². The Bertz CT molecular complexity index is 847. The lowest BCUT2D eigenvalue weighted by Crippen LogP contribution is -2.17. The van der Waals surface area contributed by atoms with Gasteiger partial charge in [0.2, 0.25) is 0 Å². The number of aromatic nitrogens is 1. The lowest BCUT2D eigenvalue weighted by molar-refractivity contribution is 0.381. The number of halogens is 3. The highest BCUT2D eigenvalue weighted by Crippen LogP contribution is 2.45. The fourth-order valence-electron chi connectivity index (χ4n) is 2.08. The molecule has 0 spiro atoms. The average Bonchev–Trinajstić information content (AvgIpc) is 3.21. The van der Waals surface area contributed by atoms with Gasteiger partial charge in [-0.05, 0) is 31.9 Å². The predicted octanol–water partition coefficient (Wildman–Crippen LogP) is 3.59. The minimum absolute atomic E-state index is 0.0896. The summed E-state index contributed by atoms with van der Waals surface area (Å²) in [5, 5.41) is 3.31. The largest absolute Gasteiger partial charge is 0.359 e. The third kappa shape index (κ3) is 2.56. The fraction of sp³-hybridized carbons (Fsp3) is 0.308. The summed E-state index contributed by atoms with van der Waals surface area (Å²) in [7, 11) is -4.41. The summed E-state index contributed by atoms with van der Waals surface area (Å²) in [6, 6.07) is 1.74. The molecule has 0 radical (unpaired) electrons. The van der Waals surface area contributed by atoms with Gasteiger partial charge in [0.15, 0.2) is 17.4 Å². The minimum Gasteiger partial charge on any atom is -0.359 e. The zero-order chi connectivity index (χ0) is 16.1. The van der Waals surface area contributed by atoms with Gasteiger partial charge in [0, 0.05) is 5.92 Å². The highest BCUT2D eigenvalue weighted by molar-refractivity contribution is 7.92. The van der Waals surface area contributed by atoms with E-state index >= 15 is 0 Å². The molecule has 1 fully saturated rings. The monoisotopic (exact) mass is 348 g/mol. The van der Waals surface area contributed by atoms with Gasteiger partial charge in [-0.25, -0.2) is 17.2 Å². The molecule has 0 bridgehead atoms. The van der Waals surface area contributed by atoms with Gasteiger partial charge in [-0.2, -0.15) is 0 Å². The number of nitrogens with zero attached hydrogens (tertiary/aromatic N) is 1. The predicted molar refractivity (Wildman–Crippen MR) is 75.4 cm³/mol. The molecule has 0 amide bonds. The van der Waals surface area contributed by atoms with Crippen LogP contribution in [0.15, 0.2) is 21.6 Å². The van der Waals surface area contributed by atoms with Crippen molar-refractivity contribution in [2.75, 3.05) is 4.72 Å². The second kappa shape index (κ2) is 5.20. The van der Waals surface area contributed by atoms with Crippen LogP contribution in [0.2, 0.25) is 5.02 Å². The summed E-state index contributed by atoms with van der Waals surface area (Å²) < 4.78 is 59.2. The lowest BCUT2D eigenvalue weighted by atomic mass is 10.2. The maximum Gasteiger partial charge on any atom is 0.266 e. The van der Waals surface area contributed by atoms with Crippen molar-refractivity contribution in [2.24, 2.45) is 0 Å². The molecule has 1 aliphatic carbocycles.